The molecule has 90 valence electrons. The van der Waals surface area contributed by atoms with E-state index in [0.717, 1.165) is 12.5 Å². The molecule has 16 heavy (non-hydrogen) atoms. The van der Waals surface area contributed by atoms with E-state index < -0.39 is 0 Å². The number of pyridine rings is 1. The zero-order valence-electron chi connectivity index (χ0n) is 10.7. The molecule has 2 nitrogen and oxygen atoms in total. The first-order chi connectivity index (χ1) is 7.76. The Bertz CT molecular complexity index is 271. The highest BCUT2D eigenvalue weighted by atomic mass is 14.9. The van der Waals surface area contributed by atoms with Gasteiger partial charge in [-0.05, 0) is 30.4 Å². The minimum absolute atomic E-state index is 0.634. The second-order valence-corrected chi connectivity index (χ2v) is 4.60. The summed E-state index contributed by atoms with van der Waals surface area (Å²) in [4.78, 5) is 4.13. The molecule has 0 aliphatic rings. The molecule has 0 aromatic carbocycles. The molecule has 1 aromatic rings. The van der Waals surface area contributed by atoms with E-state index in [1.54, 1.807) is 0 Å². The monoisotopic (exact) mass is 220 g/mol. The lowest BCUT2D eigenvalue weighted by Crippen LogP contribution is -2.29. The molecule has 0 aliphatic heterocycles. The molecule has 1 aromatic heterocycles. The van der Waals surface area contributed by atoms with Gasteiger partial charge in [0.1, 0.15) is 0 Å². The van der Waals surface area contributed by atoms with Crippen molar-refractivity contribution in [2.75, 3.05) is 0 Å². The van der Waals surface area contributed by atoms with E-state index in [2.05, 4.69) is 37.1 Å². The van der Waals surface area contributed by atoms with Crippen LogP contribution in [-0.4, -0.2) is 11.0 Å². The zero-order chi connectivity index (χ0) is 11.8. The smallest absolute Gasteiger partial charge is 0.0312 e. The second kappa shape index (κ2) is 7.39. The van der Waals surface area contributed by atoms with Crippen LogP contribution in [0.25, 0.3) is 0 Å². The van der Waals surface area contributed by atoms with Gasteiger partial charge in [0.2, 0.25) is 0 Å². The molecule has 0 fully saturated rings. The number of rotatable bonds is 7. The molecular weight excluding hydrogens is 196 g/mol. The number of nitrogens with zero attached hydrogens (tertiary/aromatic N) is 1. The van der Waals surface area contributed by atoms with Crippen molar-refractivity contribution in [3.05, 3.63) is 30.1 Å². The van der Waals surface area contributed by atoms with E-state index in [-0.39, 0.29) is 0 Å². The summed E-state index contributed by atoms with van der Waals surface area (Å²) in [5, 5.41) is 3.61. The number of hydrogen-bond acceptors (Lipinski definition) is 2. The maximum atomic E-state index is 4.13. The third kappa shape index (κ3) is 4.75. The summed E-state index contributed by atoms with van der Waals surface area (Å²) < 4.78 is 0. The molecule has 0 spiro atoms. The lowest BCUT2D eigenvalue weighted by Gasteiger charge is -2.20. The fraction of sp³-hybridized carbons (Fsp3) is 0.643. The molecule has 1 heterocycles. The average Bonchev–Trinajstić information content (AvgIpc) is 2.35. The van der Waals surface area contributed by atoms with Crippen LogP contribution in [0.5, 0.6) is 0 Å². The van der Waals surface area contributed by atoms with Gasteiger partial charge in [0.25, 0.3) is 0 Å². The van der Waals surface area contributed by atoms with E-state index in [1.807, 2.05) is 18.5 Å². The molecule has 0 saturated heterocycles. The van der Waals surface area contributed by atoms with E-state index in [1.165, 1.54) is 24.8 Å². The van der Waals surface area contributed by atoms with Crippen molar-refractivity contribution in [1.29, 1.82) is 0 Å². The van der Waals surface area contributed by atoms with Crippen molar-refractivity contribution in [2.45, 2.75) is 52.6 Å². The summed E-state index contributed by atoms with van der Waals surface area (Å²) in [7, 11) is 0. The molecule has 0 radical (unpaired) electrons. The van der Waals surface area contributed by atoms with E-state index in [4.69, 9.17) is 0 Å². The van der Waals surface area contributed by atoms with Gasteiger partial charge in [-0.15, -0.1) is 0 Å². The first-order valence-corrected chi connectivity index (χ1v) is 6.38. The molecule has 0 saturated carbocycles. The molecule has 2 unspecified atom stereocenters. The Morgan fingerprint density at radius 2 is 2.12 bits per heavy atom. The largest absolute Gasteiger partial charge is 0.310 e. The van der Waals surface area contributed by atoms with Crippen LogP contribution in [0.2, 0.25) is 0 Å². The van der Waals surface area contributed by atoms with E-state index >= 15 is 0 Å². The van der Waals surface area contributed by atoms with Gasteiger partial charge in [-0.1, -0.05) is 33.3 Å². The molecule has 2 atom stereocenters. The van der Waals surface area contributed by atoms with Gasteiger partial charge in [-0.2, -0.15) is 0 Å². The maximum absolute atomic E-state index is 4.13. The van der Waals surface area contributed by atoms with Crippen molar-refractivity contribution in [2.24, 2.45) is 5.92 Å². The van der Waals surface area contributed by atoms with Crippen LogP contribution >= 0.6 is 0 Å². The summed E-state index contributed by atoms with van der Waals surface area (Å²) in [5.41, 5.74) is 1.27. The molecule has 0 aliphatic carbocycles. The van der Waals surface area contributed by atoms with E-state index in [9.17, 15) is 0 Å². The number of nitrogens with one attached hydrogen (secondary N) is 1. The Morgan fingerprint density at radius 3 is 2.69 bits per heavy atom. The number of hydrogen-bond donors (Lipinski definition) is 1. The fourth-order valence-corrected chi connectivity index (χ4v) is 1.81. The topological polar surface area (TPSA) is 24.9 Å². The summed E-state index contributed by atoms with van der Waals surface area (Å²) >= 11 is 0. The van der Waals surface area contributed by atoms with E-state index in [0.29, 0.717) is 6.04 Å². The first kappa shape index (κ1) is 13.2. The molecule has 2 heteroatoms. The quantitative estimate of drug-likeness (QED) is 0.762. The van der Waals surface area contributed by atoms with Gasteiger partial charge in [-0.25, -0.2) is 0 Å². The van der Waals surface area contributed by atoms with Gasteiger partial charge in [0, 0.05) is 25.0 Å². The predicted molar refractivity (Wildman–Crippen MR) is 69.2 cm³/mol. The van der Waals surface area contributed by atoms with Gasteiger partial charge < -0.3 is 5.32 Å². The standard InChI is InChI=1S/C14H24N2/c1-4-12(3)9-14(5-2)16-11-13-7-6-8-15-10-13/h6-8,10,12,14,16H,4-5,9,11H2,1-3H3. The molecule has 1 N–H and O–H groups in total. The molecule has 0 bridgehead atoms. The summed E-state index contributed by atoms with van der Waals surface area (Å²) in [6, 6.07) is 4.75. The summed E-state index contributed by atoms with van der Waals surface area (Å²) in [5.74, 6) is 0.811. The highest BCUT2D eigenvalue weighted by Gasteiger charge is 2.09. The van der Waals surface area contributed by atoms with Crippen LogP contribution in [0.4, 0.5) is 0 Å². The molecule has 1 rings (SSSR count). The van der Waals surface area contributed by atoms with Gasteiger partial charge in [-0.3, -0.25) is 4.98 Å². The average molecular weight is 220 g/mol. The SMILES string of the molecule is CCC(C)CC(CC)NCc1cccnc1. The minimum atomic E-state index is 0.634. The fourth-order valence-electron chi connectivity index (χ4n) is 1.81. The highest BCUT2D eigenvalue weighted by molar-refractivity contribution is 5.07. The van der Waals surface area contributed by atoms with Crippen LogP contribution in [0.15, 0.2) is 24.5 Å². The van der Waals surface area contributed by atoms with Crippen molar-refractivity contribution in [1.82, 2.24) is 10.3 Å². The Hall–Kier alpha value is -0.890. The zero-order valence-corrected chi connectivity index (χ0v) is 10.7. The van der Waals surface area contributed by atoms with Crippen molar-refractivity contribution in [3.63, 3.8) is 0 Å². The Kier molecular flexibility index (Phi) is 6.09. The predicted octanol–water partition coefficient (Wildman–Crippen LogP) is 3.39. The summed E-state index contributed by atoms with van der Waals surface area (Å²) in [6.07, 6.45) is 7.49. The normalized spacial score (nSPS) is 14.7. The number of aromatic nitrogens is 1. The second-order valence-electron chi connectivity index (χ2n) is 4.60. The van der Waals surface area contributed by atoms with Crippen molar-refractivity contribution >= 4 is 0 Å². The van der Waals surface area contributed by atoms with Crippen LogP contribution in [0, 0.1) is 5.92 Å². The van der Waals surface area contributed by atoms with Gasteiger partial charge >= 0.3 is 0 Å². The molecule has 0 amide bonds. The molecular formula is C14H24N2. The van der Waals surface area contributed by atoms with Crippen LogP contribution < -0.4 is 5.32 Å². The first-order valence-electron chi connectivity index (χ1n) is 6.38. The lowest BCUT2D eigenvalue weighted by atomic mass is 9.97. The van der Waals surface area contributed by atoms with Crippen LogP contribution in [0.3, 0.4) is 0 Å². The highest BCUT2D eigenvalue weighted by Crippen LogP contribution is 2.12. The lowest BCUT2D eigenvalue weighted by molar-refractivity contribution is 0.384. The van der Waals surface area contributed by atoms with Crippen LogP contribution in [0.1, 0.15) is 45.6 Å². The van der Waals surface area contributed by atoms with Crippen LogP contribution in [-0.2, 0) is 6.54 Å². The Labute approximate surface area is 99.5 Å². The maximum Gasteiger partial charge on any atom is 0.0312 e. The van der Waals surface area contributed by atoms with Gasteiger partial charge in [0.05, 0.1) is 0 Å². The summed E-state index contributed by atoms with van der Waals surface area (Å²) in [6.45, 7) is 7.78. The Morgan fingerprint density at radius 1 is 1.31 bits per heavy atom. The third-order valence-corrected chi connectivity index (χ3v) is 3.19. The van der Waals surface area contributed by atoms with Gasteiger partial charge in [0.15, 0.2) is 0 Å². The van der Waals surface area contributed by atoms with Crippen molar-refractivity contribution in [3.8, 4) is 0 Å². The Balaban J connectivity index is 2.34. The van der Waals surface area contributed by atoms with Crippen molar-refractivity contribution < 1.29 is 0 Å². The third-order valence-electron chi connectivity index (χ3n) is 3.19. The minimum Gasteiger partial charge on any atom is -0.310 e.